The second kappa shape index (κ2) is 9.63. The lowest BCUT2D eigenvalue weighted by Gasteiger charge is -2.14. The number of hydrogen-bond acceptors (Lipinski definition) is 6. The van der Waals surface area contributed by atoms with Gasteiger partial charge in [0.15, 0.2) is 17.8 Å². The van der Waals surface area contributed by atoms with Crippen LogP contribution in [0.25, 0.3) is 16.8 Å². The molecule has 2 N–H and O–H groups in total. The first kappa shape index (κ1) is 21.0. The van der Waals surface area contributed by atoms with Crippen molar-refractivity contribution < 1.29 is 19.1 Å². The van der Waals surface area contributed by atoms with Gasteiger partial charge in [0.05, 0.1) is 23.1 Å². The predicted molar refractivity (Wildman–Crippen MR) is 118 cm³/mol. The summed E-state index contributed by atoms with van der Waals surface area (Å²) in [7, 11) is 0. The fourth-order valence-electron chi connectivity index (χ4n) is 2.91. The number of rotatable bonds is 7. The first-order chi connectivity index (χ1) is 14.5. The molecule has 0 radical (unpaired) electrons. The number of carbonyl (C=O) groups is 2. The molecule has 3 aromatic carbocycles. The number of nitriles is 1. The van der Waals surface area contributed by atoms with Gasteiger partial charge in [0, 0.05) is 10.8 Å². The van der Waals surface area contributed by atoms with Gasteiger partial charge < -0.3 is 15.2 Å². The smallest absolute Gasteiger partial charge is 0.281 e. The number of amides is 1. The fraction of sp³-hybridized carbons (Fsp3) is 0.0870. The zero-order chi connectivity index (χ0) is 21.5. The number of fused-ring (bicyclic) bond motifs is 1. The van der Waals surface area contributed by atoms with E-state index in [1.807, 2.05) is 31.2 Å². The number of primary amides is 1. The highest BCUT2D eigenvalue weighted by molar-refractivity contribution is 8.17. The average molecular weight is 418 g/mol. The maximum atomic E-state index is 11.2. The van der Waals surface area contributed by atoms with E-state index in [1.165, 1.54) is 0 Å². The van der Waals surface area contributed by atoms with Crippen LogP contribution in [-0.2, 0) is 4.79 Å². The molecular weight excluding hydrogens is 400 g/mol. The summed E-state index contributed by atoms with van der Waals surface area (Å²) >= 11 is 0.659. The van der Waals surface area contributed by atoms with Crippen LogP contribution in [0.4, 0.5) is 4.79 Å². The molecule has 0 aromatic heterocycles. The Hall–Kier alpha value is -3.76. The number of aldehydes is 1. The van der Waals surface area contributed by atoms with E-state index >= 15 is 0 Å². The van der Waals surface area contributed by atoms with Crippen LogP contribution in [0.3, 0.4) is 0 Å². The van der Waals surface area contributed by atoms with Crippen molar-refractivity contribution in [3.05, 3.63) is 70.6 Å². The summed E-state index contributed by atoms with van der Waals surface area (Å²) in [5, 5.41) is 10.3. The Morgan fingerprint density at radius 2 is 1.83 bits per heavy atom. The van der Waals surface area contributed by atoms with Crippen molar-refractivity contribution in [3.8, 4) is 23.3 Å². The highest BCUT2D eigenvalue weighted by Crippen LogP contribution is 2.37. The zero-order valence-corrected chi connectivity index (χ0v) is 16.9. The second-order valence-electron chi connectivity index (χ2n) is 6.10. The van der Waals surface area contributed by atoms with E-state index in [2.05, 4.69) is 6.07 Å². The molecule has 6 nitrogen and oxygen atoms in total. The number of nitrogens with two attached hydrogens (primary N) is 1. The minimum absolute atomic E-state index is 0.191. The second-order valence-corrected chi connectivity index (χ2v) is 7.17. The van der Waals surface area contributed by atoms with Crippen LogP contribution in [0.15, 0.2) is 59.5 Å². The number of nitrogens with zero attached hydrogens (tertiary/aromatic N) is 1. The van der Waals surface area contributed by atoms with E-state index in [1.54, 1.807) is 36.4 Å². The van der Waals surface area contributed by atoms with Gasteiger partial charge in [0.1, 0.15) is 5.75 Å². The van der Waals surface area contributed by atoms with Crippen LogP contribution in [0.1, 0.15) is 18.1 Å². The molecule has 0 saturated heterocycles. The van der Waals surface area contributed by atoms with Crippen LogP contribution in [0.2, 0.25) is 0 Å². The molecule has 0 fully saturated rings. The number of benzene rings is 3. The third-order valence-electron chi connectivity index (χ3n) is 4.14. The topological polar surface area (TPSA) is 102 Å². The lowest BCUT2D eigenvalue weighted by Crippen LogP contribution is -2.02. The van der Waals surface area contributed by atoms with E-state index in [0.29, 0.717) is 53.0 Å². The molecule has 0 unspecified atom stereocenters. The quantitative estimate of drug-likeness (QED) is 0.415. The van der Waals surface area contributed by atoms with E-state index in [0.717, 1.165) is 10.8 Å². The van der Waals surface area contributed by atoms with Crippen molar-refractivity contribution in [1.82, 2.24) is 0 Å². The highest BCUT2D eigenvalue weighted by atomic mass is 32.2. The zero-order valence-electron chi connectivity index (χ0n) is 16.1. The number of allylic oxidation sites excluding steroid dienone is 1. The van der Waals surface area contributed by atoms with E-state index in [4.69, 9.17) is 15.2 Å². The van der Waals surface area contributed by atoms with Gasteiger partial charge in [-0.3, -0.25) is 9.59 Å². The third-order valence-corrected chi connectivity index (χ3v) is 4.79. The third kappa shape index (κ3) is 4.80. The Balaban J connectivity index is 2.00. The van der Waals surface area contributed by atoms with Crippen molar-refractivity contribution in [1.29, 1.82) is 5.26 Å². The van der Waals surface area contributed by atoms with Gasteiger partial charge in [-0.1, -0.05) is 30.3 Å². The molecule has 3 rings (SSSR count). The number of thioether (sulfide) groups is 1. The Morgan fingerprint density at radius 1 is 1.10 bits per heavy atom. The van der Waals surface area contributed by atoms with E-state index < -0.39 is 5.24 Å². The first-order valence-electron chi connectivity index (χ1n) is 9.06. The molecule has 150 valence electrons. The fourth-order valence-corrected chi connectivity index (χ4v) is 3.39. The van der Waals surface area contributed by atoms with Gasteiger partial charge in [-0.05, 0) is 54.6 Å². The van der Waals surface area contributed by atoms with Crippen molar-refractivity contribution >= 4 is 40.1 Å². The van der Waals surface area contributed by atoms with Crippen molar-refractivity contribution in [3.63, 3.8) is 0 Å². The minimum Gasteiger partial charge on any atom is -0.490 e. The summed E-state index contributed by atoms with van der Waals surface area (Å²) in [6.07, 6.45) is 2.12. The van der Waals surface area contributed by atoms with Gasteiger partial charge in [-0.15, -0.1) is 0 Å². The molecule has 0 aliphatic heterocycles. The Bertz CT molecular complexity index is 1180. The summed E-state index contributed by atoms with van der Waals surface area (Å²) < 4.78 is 11.8. The van der Waals surface area contributed by atoms with Gasteiger partial charge in [0.25, 0.3) is 5.24 Å². The van der Waals surface area contributed by atoms with E-state index in [-0.39, 0.29) is 4.91 Å². The minimum atomic E-state index is -0.661. The molecule has 0 spiro atoms. The maximum Gasteiger partial charge on any atom is 0.281 e. The maximum absolute atomic E-state index is 11.2. The number of ether oxygens (including phenoxy) is 2. The molecular formula is C23H18N2O4S. The molecule has 0 heterocycles. The summed E-state index contributed by atoms with van der Waals surface area (Å²) in [4.78, 5) is 22.4. The lowest BCUT2D eigenvalue weighted by molar-refractivity contribution is -0.104. The van der Waals surface area contributed by atoms with Gasteiger partial charge in [-0.2, -0.15) is 5.26 Å². The van der Waals surface area contributed by atoms with Crippen molar-refractivity contribution in [2.45, 2.75) is 6.92 Å². The normalized spacial score (nSPS) is 11.0. The lowest BCUT2D eigenvalue weighted by atomic mass is 10.0. The molecule has 0 bridgehead atoms. The predicted octanol–water partition coefficient (Wildman–Crippen LogP) is 5.25. The SMILES string of the molecule is CCOc1cc(/C=C(/C=O)SC(N)=O)ccc1Oc1ccc(C#N)c2ccccc12. The molecule has 1 amide bonds. The molecule has 3 aromatic rings. The van der Waals surface area contributed by atoms with Crippen LogP contribution < -0.4 is 15.2 Å². The van der Waals surface area contributed by atoms with Crippen LogP contribution in [0, 0.1) is 11.3 Å². The molecule has 0 atom stereocenters. The Morgan fingerprint density at radius 3 is 2.50 bits per heavy atom. The summed E-state index contributed by atoms with van der Waals surface area (Å²) in [5.41, 5.74) is 6.36. The molecule has 0 aliphatic carbocycles. The summed E-state index contributed by atoms with van der Waals surface area (Å²) in [6, 6.07) is 18.3. The summed E-state index contributed by atoms with van der Waals surface area (Å²) in [5.74, 6) is 1.56. The molecule has 30 heavy (non-hydrogen) atoms. The van der Waals surface area contributed by atoms with Gasteiger partial charge in [0.2, 0.25) is 0 Å². The van der Waals surface area contributed by atoms with Crippen LogP contribution in [-0.4, -0.2) is 18.1 Å². The molecule has 0 aliphatic rings. The summed E-state index contributed by atoms with van der Waals surface area (Å²) in [6.45, 7) is 2.26. The largest absolute Gasteiger partial charge is 0.490 e. The average Bonchev–Trinajstić information content (AvgIpc) is 2.75. The Kier molecular flexibility index (Phi) is 6.73. The first-order valence-corrected chi connectivity index (χ1v) is 9.88. The van der Waals surface area contributed by atoms with Gasteiger partial charge in [-0.25, -0.2) is 0 Å². The van der Waals surface area contributed by atoms with E-state index in [9.17, 15) is 14.9 Å². The van der Waals surface area contributed by atoms with Crippen LogP contribution >= 0.6 is 11.8 Å². The standard InChI is InChI=1S/C23H18N2O4S/c1-2-28-22-12-15(11-17(14-26)30-23(25)27)7-9-21(22)29-20-10-8-16(13-24)18-5-3-4-6-19(18)20/h3-12,14H,2H2,1H3,(H2,25,27)/b17-11-. The number of carbonyl (C=O) groups excluding carboxylic acids is 2. The van der Waals surface area contributed by atoms with Crippen molar-refractivity contribution in [2.75, 3.05) is 6.61 Å². The molecule has 0 saturated carbocycles. The highest BCUT2D eigenvalue weighted by Gasteiger charge is 2.12. The van der Waals surface area contributed by atoms with Gasteiger partial charge >= 0.3 is 0 Å². The van der Waals surface area contributed by atoms with Crippen molar-refractivity contribution in [2.24, 2.45) is 5.73 Å². The number of hydrogen-bond donors (Lipinski definition) is 1. The molecule has 7 heteroatoms. The van der Waals surface area contributed by atoms with Crippen LogP contribution in [0.5, 0.6) is 17.2 Å². The Labute approximate surface area is 177 Å². The monoisotopic (exact) mass is 418 g/mol.